The van der Waals surface area contributed by atoms with Gasteiger partial charge in [-0.15, -0.1) is 0 Å². The fourth-order valence-corrected chi connectivity index (χ4v) is 5.79. The number of benzene rings is 2. The highest BCUT2D eigenvalue weighted by molar-refractivity contribution is 6.30. The van der Waals surface area contributed by atoms with Crippen molar-refractivity contribution in [2.45, 2.75) is 38.9 Å². The lowest BCUT2D eigenvalue weighted by molar-refractivity contribution is -0.139. The number of aliphatic hydroxyl groups is 1. The number of aromatic nitrogens is 1. The van der Waals surface area contributed by atoms with Crippen LogP contribution in [0.5, 0.6) is 11.5 Å². The maximum atomic E-state index is 11.7. The van der Waals surface area contributed by atoms with Crippen molar-refractivity contribution in [2.75, 3.05) is 26.2 Å². The first-order chi connectivity index (χ1) is 18.7. The summed E-state index contributed by atoms with van der Waals surface area (Å²) in [6.45, 7) is 6.52. The number of nitrogens with zero attached hydrogens (tertiary/aromatic N) is 2. The van der Waals surface area contributed by atoms with Crippen molar-refractivity contribution >= 4 is 23.1 Å². The van der Waals surface area contributed by atoms with Crippen molar-refractivity contribution < 1.29 is 24.5 Å². The van der Waals surface area contributed by atoms with Crippen LogP contribution in [0.15, 0.2) is 66.9 Å². The zero-order chi connectivity index (χ0) is 27.6. The van der Waals surface area contributed by atoms with E-state index >= 15 is 0 Å². The normalized spacial score (nSPS) is 21.4. The third kappa shape index (κ3) is 5.66. The monoisotopic (exact) mass is 548 g/mol. The molecule has 2 aliphatic rings. The van der Waals surface area contributed by atoms with Crippen LogP contribution in [0.2, 0.25) is 5.02 Å². The molecule has 2 N–H and O–H groups in total. The molecule has 0 unspecified atom stereocenters. The van der Waals surface area contributed by atoms with E-state index in [9.17, 15) is 9.90 Å². The Kier molecular flexibility index (Phi) is 7.67. The van der Waals surface area contributed by atoms with Crippen LogP contribution in [0.4, 0.5) is 0 Å². The van der Waals surface area contributed by atoms with Crippen molar-refractivity contribution in [1.82, 2.24) is 9.88 Å². The Balaban J connectivity index is 1.37. The number of carbonyl (C=O) groups is 1. The summed E-state index contributed by atoms with van der Waals surface area (Å²) in [5, 5.41) is 21.4. The SMILES string of the molecule is CC1(C)CN(CC/C=C2/c3cc(OCC(=O)O)ccc3OCc3ncccc32)CC[C@]1(O)c1ccc(Cl)cc1. The summed E-state index contributed by atoms with van der Waals surface area (Å²) in [5.74, 6) is 0.144. The molecule has 1 fully saturated rings. The van der Waals surface area contributed by atoms with Gasteiger partial charge in [0.25, 0.3) is 0 Å². The summed E-state index contributed by atoms with van der Waals surface area (Å²) in [6, 6.07) is 16.8. The highest BCUT2D eigenvalue weighted by atomic mass is 35.5. The number of likely N-dealkylation sites (tertiary alicyclic amines) is 1. The fraction of sp³-hybridized carbons (Fsp3) is 0.355. The lowest BCUT2D eigenvalue weighted by Gasteiger charge is -2.50. The van der Waals surface area contributed by atoms with Crippen molar-refractivity contribution in [3.63, 3.8) is 0 Å². The number of hydrogen-bond donors (Lipinski definition) is 2. The van der Waals surface area contributed by atoms with Crippen LogP contribution in [-0.4, -0.2) is 52.3 Å². The first kappa shape index (κ1) is 27.2. The highest BCUT2D eigenvalue weighted by Gasteiger charge is 2.48. The second-order valence-corrected chi connectivity index (χ2v) is 11.2. The molecule has 5 rings (SSSR count). The largest absolute Gasteiger partial charge is 0.487 e. The zero-order valence-corrected chi connectivity index (χ0v) is 22.9. The molecule has 39 heavy (non-hydrogen) atoms. The Bertz CT molecular complexity index is 1390. The molecular weight excluding hydrogens is 516 g/mol. The quantitative estimate of drug-likeness (QED) is 0.401. The van der Waals surface area contributed by atoms with Crippen molar-refractivity contribution in [2.24, 2.45) is 5.41 Å². The molecule has 8 heteroatoms. The van der Waals surface area contributed by atoms with Crippen LogP contribution in [-0.2, 0) is 17.0 Å². The minimum absolute atomic E-state index is 0.347. The smallest absolute Gasteiger partial charge is 0.341 e. The molecule has 0 saturated carbocycles. The number of carboxylic acids is 1. The number of fused-ring (bicyclic) bond motifs is 2. The second kappa shape index (κ2) is 11.0. The van der Waals surface area contributed by atoms with Crippen molar-refractivity contribution in [3.05, 3.63) is 94.3 Å². The maximum absolute atomic E-state index is 11.7. The minimum Gasteiger partial charge on any atom is -0.487 e. The van der Waals surface area contributed by atoms with Crippen LogP contribution in [0.3, 0.4) is 0 Å². The Morgan fingerprint density at radius 1 is 1.18 bits per heavy atom. The van der Waals surface area contributed by atoms with Gasteiger partial charge in [0.2, 0.25) is 0 Å². The van der Waals surface area contributed by atoms with E-state index in [0.29, 0.717) is 29.5 Å². The number of hydrogen-bond acceptors (Lipinski definition) is 6. The summed E-state index contributed by atoms with van der Waals surface area (Å²) < 4.78 is 11.5. The molecule has 2 aromatic carbocycles. The molecule has 2 aliphatic heterocycles. The summed E-state index contributed by atoms with van der Waals surface area (Å²) in [7, 11) is 0. The summed E-state index contributed by atoms with van der Waals surface area (Å²) in [6.07, 6.45) is 5.36. The average molecular weight is 549 g/mol. The van der Waals surface area contributed by atoms with Gasteiger partial charge in [0, 0.05) is 47.4 Å². The number of halogens is 1. The Labute approximate surface area is 233 Å². The first-order valence-corrected chi connectivity index (χ1v) is 13.5. The Morgan fingerprint density at radius 3 is 2.72 bits per heavy atom. The third-order valence-electron chi connectivity index (χ3n) is 7.79. The molecule has 1 saturated heterocycles. The molecule has 7 nitrogen and oxygen atoms in total. The summed E-state index contributed by atoms with van der Waals surface area (Å²) >= 11 is 6.08. The third-order valence-corrected chi connectivity index (χ3v) is 8.04. The molecule has 204 valence electrons. The van der Waals surface area contributed by atoms with E-state index in [-0.39, 0.29) is 5.41 Å². The van der Waals surface area contributed by atoms with Crippen molar-refractivity contribution in [3.8, 4) is 11.5 Å². The number of ether oxygens (including phenoxy) is 2. The van der Waals surface area contributed by atoms with E-state index in [1.807, 2.05) is 48.5 Å². The zero-order valence-electron chi connectivity index (χ0n) is 22.2. The second-order valence-electron chi connectivity index (χ2n) is 10.8. The lowest BCUT2D eigenvalue weighted by Crippen LogP contribution is -2.55. The molecule has 0 radical (unpaired) electrons. The summed E-state index contributed by atoms with van der Waals surface area (Å²) in [5.41, 5.74) is 3.28. The molecule has 1 atom stereocenters. The van der Waals surface area contributed by atoms with Gasteiger partial charge in [0.15, 0.2) is 6.61 Å². The fourth-order valence-electron chi connectivity index (χ4n) is 5.66. The molecule has 1 aromatic heterocycles. The molecule has 0 spiro atoms. The van der Waals surface area contributed by atoms with E-state index in [4.69, 9.17) is 26.2 Å². The summed E-state index contributed by atoms with van der Waals surface area (Å²) in [4.78, 5) is 18.0. The molecule has 0 aliphatic carbocycles. The van der Waals surface area contributed by atoms with Gasteiger partial charge >= 0.3 is 5.97 Å². The van der Waals surface area contributed by atoms with Gasteiger partial charge in [0.1, 0.15) is 18.1 Å². The average Bonchev–Trinajstić information content (AvgIpc) is 3.06. The number of carboxylic acid groups (broad SMARTS) is 1. The van der Waals surface area contributed by atoms with Gasteiger partial charge in [-0.05, 0) is 60.4 Å². The molecular formula is C31H33ClN2O5. The Hall–Kier alpha value is -3.39. The topological polar surface area (TPSA) is 92.1 Å². The van der Waals surface area contributed by atoms with E-state index in [2.05, 4.69) is 29.8 Å². The van der Waals surface area contributed by atoms with Crippen LogP contribution in [0, 0.1) is 5.41 Å². The van der Waals surface area contributed by atoms with E-state index in [1.54, 1.807) is 12.3 Å². The van der Waals surface area contributed by atoms with Gasteiger partial charge in [-0.2, -0.15) is 0 Å². The van der Waals surface area contributed by atoms with Crippen LogP contribution in [0.25, 0.3) is 5.57 Å². The highest BCUT2D eigenvalue weighted by Crippen LogP contribution is 2.46. The van der Waals surface area contributed by atoms with Gasteiger partial charge in [-0.1, -0.05) is 49.7 Å². The predicted molar refractivity (Wildman–Crippen MR) is 150 cm³/mol. The minimum atomic E-state index is -1.03. The molecule has 0 bridgehead atoms. The number of rotatable bonds is 7. The van der Waals surface area contributed by atoms with Gasteiger partial charge < -0.3 is 24.6 Å². The van der Waals surface area contributed by atoms with E-state index < -0.39 is 18.2 Å². The first-order valence-electron chi connectivity index (χ1n) is 13.1. The lowest BCUT2D eigenvalue weighted by atomic mass is 9.66. The van der Waals surface area contributed by atoms with Gasteiger partial charge in [-0.3, -0.25) is 4.98 Å². The van der Waals surface area contributed by atoms with Gasteiger partial charge in [0.05, 0.1) is 11.3 Å². The van der Waals surface area contributed by atoms with Crippen molar-refractivity contribution in [1.29, 1.82) is 0 Å². The molecule has 3 heterocycles. The number of piperidine rings is 1. The van der Waals surface area contributed by atoms with Crippen LogP contribution >= 0.6 is 11.6 Å². The van der Waals surface area contributed by atoms with E-state index in [0.717, 1.165) is 54.0 Å². The maximum Gasteiger partial charge on any atom is 0.341 e. The number of aliphatic carboxylic acids is 1. The molecule has 0 amide bonds. The predicted octanol–water partition coefficient (Wildman–Crippen LogP) is 5.53. The van der Waals surface area contributed by atoms with Crippen LogP contribution in [0.1, 0.15) is 49.1 Å². The Morgan fingerprint density at radius 2 is 1.97 bits per heavy atom. The number of pyridine rings is 1. The molecule has 3 aromatic rings. The van der Waals surface area contributed by atoms with Crippen LogP contribution < -0.4 is 9.47 Å². The van der Waals surface area contributed by atoms with E-state index in [1.165, 1.54) is 0 Å². The van der Waals surface area contributed by atoms with Gasteiger partial charge in [-0.25, -0.2) is 4.79 Å². The standard InChI is InChI=1S/C31H33ClN2O5/c1-30(2)20-34(16-13-31(30,37)21-7-9-22(32)10-8-21)15-4-6-24-25-5-3-14-33-27(25)18-39-28-12-11-23(17-26(24)28)38-19-29(35)36/h3,5-12,14,17,37H,4,13,15-16,18-20H2,1-2H3,(H,35,36)/b24-6+/t31-/m0/s1.